The average Bonchev–Trinajstić information content (AvgIpc) is 3.53. The van der Waals surface area contributed by atoms with E-state index in [1.807, 2.05) is 49.1 Å². The van der Waals surface area contributed by atoms with Gasteiger partial charge in [0.1, 0.15) is 17.3 Å². The van der Waals surface area contributed by atoms with Crippen molar-refractivity contribution in [1.82, 2.24) is 9.88 Å². The van der Waals surface area contributed by atoms with Gasteiger partial charge in [-0.3, -0.25) is 14.4 Å². The molecule has 1 aromatic carbocycles. The highest BCUT2D eigenvalue weighted by atomic mass is 32.1. The fourth-order valence-electron chi connectivity index (χ4n) is 6.57. The molecule has 0 fully saturated rings. The Morgan fingerprint density at radius 3 is 1.98 bits per heavy atom. The van der Waals surface area contributed by atoms with E-state index in [-0.39, 0.29) is 41.0 Å². The largest absolute Gasteiger partial charge is 0.506 e. The smallest absolute Gasteiger partial charge is 0.325 e. The lowest BCUT2D eigenvalue weighted by molar-refractivity contribution is -0.144. The van der Waals surface area contributed by atoms with E-state index in [0.717, 1.165) is 23.4 Å². The molecule has 52 heavy (non-hydrogen) atoms. The summed E-state index contributed by atoms with van der Waals surface area (Å²) in [6.07, 6.45) is 28.8. The second-order valence-electron chi connectivity index (χ2n) is 13.9. The number of likely N-dealkylation sites (N-methyl/N-ethyl adjacent to an activating group) is 1. The lowest BCUT2D eigenvalue weighted by Crippen LogP contribution is -2.31. The first-order chi connectivity index (χ1) is 25.3. The number of hydrogen-bond acceptors (Lipinski definition) is 8. The second-order valence-corrected chi connectivity index (χ2v) is 14.9. The number of thiazole rings is 1. The van der Waals surface area contributed by atoms with E-state index in [4.69, 9.17) is 4.74 Å². The summed E-state index contributed by atoms with van der Waals surface area (Å²) in [6, 6.07) is 9.71. The third kappa shape index (κ3) is 12.3. The Kier molecular flexibility index (Phi) is 17.3. The van der Waals surface area contributed by atoms with E-state index in [9.17, 15) is 19.5 Å². The molecule has 1 heterocycles. The lowest BCUT2D eigenvalue weighted by atomic mass is 9.86. The molecule has 280 valence electrons. The minimum absolute atomic E-state index is 0.0703. The Hall–Kier alpha value is -4.04. The maximum absolute atomic E-state index is 13.0. The Balaban J connectivity index is 1.12. The summed E-state index contributed by atoms with van der Waals surface area (Å²) >= 11 is 1.37. The van der Waals surface area contributed by atoms with Crippen LogP contribution in [0.15, 0.2) is 83.3 Å². The molecule has 4 rings (SSSR count). The summed E-state index contributed by atoms with van der Waals surface area (Å²) in [5.41, 5.74) is 3.07. The summed E-state index contributed by atoms with van der Waals surface area (Å²) in [5, 5.41) is 11.6. The maximum Gasteiger partial charge on any atom is 0.325 e. The van der Waals surface area contributed by atoms with E-state index in [1.54, 1.807) is 18.2 Å². The number of aryl methyl sites for hydroxylation is 1. The zero-order valence-electron chi connectivity index (χ0n) is 31.6. The van der Waals surface area contributed by atoms with Crippen molar-refractivity contribution in [2.75, 3.05) is 19.7 Å². The van der Waals surface area contributed by atoms with Crippen LogP contribution in [0, 0.1) is 6.92 Å². The zero-order chi connectivity index (χ0) is 37.1. The van der Waals surface area contributed by atoms with Crippen molar-refractivity contribution in [2.45, 2.75) is 124 Å². The summed E-state index contributed by atoms with van der Waals surface area (Å²) in [7, 11) is 0. The van der Waals surface area contributed by atoms with Gasteiger partial charge in [-0.1, -0.05) is 140 Å². The highest BCUT2D eigenvalue weighted by Crippen LogP contribution is 2.42. The number of nitrogens with zero attached hydrogens (tertiary/aromatic N) is 2. The molecule has 0 saturated carbocycles. The van der Waals surface area contributed by atoms with Gasteiger partial charge in [0.15, 0.2) is 5.78 Å². The highest BCUT2D eigenvalue weighted by molar-refractivity contribution is 7.16. The number of benzene rings is 1. The summed E-state index contributed by atoms with van der Waals surface area (Å²) in [6.45, 7) is 7.06. The number of rotatable bonds is 24. The van der Waals surface area contributed by atoms with Gasteiger partial charge in [-0.15, -0.1) is 11.3 Å². The number of esters is 1. The van der Waals surface area contributed by atoms with E-state index >= 15 is 0 Å². The van der Waals surface area contributed by atoms with Crippen LogP contribution in [-0.2, 0) is 19.1 Å². The number of ketones is 2. The molecule has 8 heteroatoms. The first kappa shape index (κ1) is 40.7. The van der Waals surface area contributed by atoms with Crippen molar-refractivity contribution in [3.05, 3.63) is 93.9 Å². The zero-order valence-corrected chi connectivity index (χ0v) is 32.4. The number of allylic oxidation sites excluding steroid dienone is 8. The van der Waals surface area contributed by atoms with Crippen LogP contribution in [0.5, 0.6) is 0 Å². The third-order valence-corrected chi connectivity index (χ3v) is 11.0. The van der Waals surface area contributed by atoms with Crippen molar-refractivity contribution in [2.24, 2.45) is 0 Å². The van der Waals surface area contributed by atoms with Crippen molar-refractivity contribution in [1.29, 1.82) is 0 Å². The molecule has 0 radical (unpaired) electrons. The minimum atomic E-state index is -0.302. The van der Waals surface area contributed by atoms with Gasteiger partial charge >= 0.3 is 5.97 Å². The van der Waals surface area contributed by atoms with Gasteiger partial charge in [0, 0.05) is 29.5 Å². The summed E-state index contributed by atoms with van der Waals surface area (Å²) in [5.74, 6) is -0.911. The Labute approximate surface area is 315 Å². The molecule has 0 aliphatic heterocycles. The van der Waals surface area contributed by atoms with Crippen LogP contribution in [-0.4, -0.2) is 52.2 Å². The van der Waals surface area contributed by atoms with Crippen LogP contribution in [0.3, 0.4) is 0 Å². The molecule has 2 aliphatic carbocycles. The van der Waals surface area contributed by atoms with E-state index in [0.29, 0.717) is 35.0 Å². The molecular weight excluding hydrogens is 669 g/mol. The van der Waals surface area contributed by atoms with Crippen LogP contribution in [0.2, 0.25) is 0 Å². The first-order valence-electron chi connectivity index (χ1n) is 19.6. The standard InChI is InChI=1S/C44H58N2O5S/c1-4-6-7-8-9-10-11-12-13-14-15-16-17-18-19-23-30-51-39(48)32-46(5-2)36-28-26-34(38(47)31-36)27-29-37-41(49)40(42(37)50)43-33(3)45-44(52-43)35-24-21-20-22-25-35/h20-22,24-29,31,49H,4-19,23,30,32H2,1-3H3/b34-27-,37-29?. The van der Waals surface area contributed by atoms with Crippen molar-refractivity contribution >= 4 is 34.4 Å². The topological polar surface area (TPSA) is 96.8 Å². The predicted octanol–water partition coefficient (Wildman–Crippen LogP) is 11.0. The number of aliphatic hydroxyl groups is 1. The molecule has 2 aromatic rings. The van der Waals surface area contributed by atoms with Crippen LogP contribution in [0.4, 0.5) is 0 Å². The van der Waals surface area contributed by atoms with Gasteiger partial charge in [0.2, 0.25) is 5.78 Å². The van der Waals surface area contributed by atoms with E-state index in [1.165, 1.54) is 113 Å². The minimum Gasteiger partial charge on any atom is -0.506 e. The molecule has 1 aromatic heterocycles. The Bertz CT molecular complexity index is 1650. The van der Waals surface area contributed by atoms with Crippen LogP contribution < -0.4 is 0 Å². The Morgan fingerprint density at radius 1 is 0.827 bits per heavy atom. The van der Waals surface area contributed by atoms with Gasteiger partial charge < -0.3 is 14.7 Å². The van der Waals surface area contributed by atoms with Crippen molar-refractivity contribution < 1.29 is 24.2 Å². The van der Waals surface area contributed by atoms with E-state index < -0.39 is 0 Å². The number of Topliss-reactive ketones (excluding diaryl/α,β-unsaturated/α-hetero) is 1. The van der Waals surface area contributed by atoms with Crippen LogP contribution in [0.1, 0.15) is 127 Å². The average molecular weight is 727 g/mol. The summed E-state index contributed by atoms with van der Waals surface area (Å²) < 4.78 is 5.51. The molecule has 2 aliphatic rings. The molecule has 7 nitrogen and oxygen atoms in total. The number of aromatic nitrogens is 1. The Morgan fingerprint density at radius 2 is 1.42 bits per heavy atom. The normalized spacial score (nSPS) is 15.8. The predicted molar refractivity (Wildman–Crippen MR) is 213 cm³/mol. The van der Waals surface area contributed by atoms with Crippen molar-refractivity contribution in [3.63, 3.8) is 0 Å². The molecule has 1 N–H and O–H groups in total. The third-order valence-electron chi connectivity index (χ3n) is 9.76. The molecule has 0 spiro atoms. The fourth-order valence-corrected chi connectivity index (χ4v) is 7.69. The quantitative estimate of drug-likeness (QED) is 0.0653. The number of aliphatic hydroxyl groups excluding tert-OH is 1. The second kappa shape index (κ2) is 22.1. The molecule has 0 saturated heterocycles. The van der Waals surface area contributed by atoms with Gasteiger partial charge in [0.05, 0.1) is 28.3 Å². The molecule has 0 amide bonds. The van der Waals surface area contributed by atoms with Crippen molar-refractivity contribution in [3.8, 4) is 10.6 Å². The van der Waals surface area contributed by atoms with Gasteiger partial charge in [-0.25, -0.2) is 4.98 Å². The lowest BCUT2D eigenvalue weighted by Gasteiger charge is -2.24. The first-order valence-corrected chi connectivity index (χ1v) is 20.4. The molecule has 0 unspecified atom stereocenters. The molecule has 0 atom stereocenters. The SMILES string of the molecule is CCCCCCCCCCCCCCCCCCOC(=O)CN(CC)C1=CC(=O)/C(=C\C=C2C(=O)C(c3sc(-c4ccccc4)nc3C)=C2O)C=C1. The van der Waals surface area contributed by atoms with Crippen LogP contribution in [0.25, 0.3) is 16.1 Å². The van der Waals surface area contributed by atoms with Gasteiger partial charge in [-0.2, -0.15) is 0 Å². The number of unbranched alkanes of at least 4 members (excludes halogenated alkanes) is 15. The fraction of sp³-hybridized carbons (Fsp3) is 0.500. The van der Waals surface area contributed by atoms with Gasteiger partial charge in [0.25, 0.3) is 0 Å². The maximum atomic E-state index is 13.0. The number of hydrogen-bond donors (Lipinski definition) is 1. The molecule has 0 bridgehead atoms. The van der Waals surface area contributed by atoms with Crippen LogP contribution >= 0.6 is 11.3 Å². The highest BCUT2D eigenvalue weighted by Gasteiger charge is 2.36. The number of carbonyl (C=O) groups is 3. The van der Waals surface area contributed by atoms with Gasteiger partial charge in [-0.05, 0) is 38.5 Å². The summed E-state index contributed by atoms with van der Waals surface area (Å²) in [4.78, 5) is 45.7. The number of ether oxygens (including phenoxy) is 1. The van der Waals surface area contributed by atoms with E-state index in [2.05, 4.69) is 11.9 Å². The molecular formula is C44H58N2O5S. The number of carbonyl (C=O) groups excluding carboxylic acids is 3. The monoisotopic (exact) mass is 726 g/mol.